The third-order valence-corrected chi connectivity index (χ3v) is 4.35. The summed E-state index contributed by atoms with van der Waals surface area (Å²) in [6.07, 6.45) is 1.81. The monoisotopic (exact) mass is 373 g/mol. The molecule has 1 aliphatic rings. The van der Waals surface area contributed by atoms with E-state index in [0.717, 1.165) is 24.1 Å². The Balaban J connectivity index is 1.74. The molecule has 0 spiro atoms. The second-order valence-corrected chi connectivity index (χ2v) is 6.45. The van der Waals surface area contributed by atoms with Crippen LogP contribution in [0.25, 0.3) is 0 Å². The molecule has 136 valence electrons. The minimum Gasteiger partial charge on any atom is -0.375 e. The second-order valence-electron chi connectivity index (χ2n) is 6.01. The number of rotatable bonds is 4. The molecule has 0 bridgehead atoms. The van der Waals surface area contributed by atoms with Crippen LogP contribution in [0, 0.1) is 0 Å². The molecule has 1 aliphatic heterocycles. The van der Waals surface area contributed by atoms with Gasteiger partial charge in [-0.05, 0) is 48.7 Å². The lowest BCUT2D eigenvalue weighted by Gasteiger charge is -2.29. The van der Waals surface area contributed by atoms with E-state index in [0.29, 0.717) is 22.9 Å². The summed E-state index contributed by atoms with van der Waals surface area (Å²) in [6.45, 7) is 0.680. The highest BCUT2D eigenvalue weighted by atomic mass is 35.5. The summed E-state index contributed by atoms with van der Waals surface area (Å²) < 4.78 is 4.96. The molecule has 0 saturated heterocycles. The van der Waals surface area contributed by atoms with Crippen LogP contribution in [0.1, 0.15) is 12.0 Å². The number of amides is 3. The summed E-state index contributed by atoms with van der Waals surface area (Å²) in [5.41, 5.74) is 3.12. The van der Waals surface area contributed by atoms with Gasteiger partial charge >= 0.3 is 6.03 Å². The number of ether oxygens (including phenoxy) is 1. The van der Waals surface area contributed by atoms with Gasteiger partial charge in [0, 0.05) is 35.7 Å². The van der Waals surface area contributed by atoms with E-state index >= 15 is 0 Å². The van der Waals surface area contributed by atoms with Gasteiger partial charge in [0.15, 0.2) is 0 Å². The first-order chi connectivity index (χ1) is 12.6. The highest BCUT2D eigenvalue weighted by Gasteiger charge is 2.22. The molecule has 1 heterocycles. The van der Waals surface area contributed by atoms with E-state index in [1.165, 1.54) is 7.11 Å². The lowest BCUT2D eigenvalue weighted by atomic mass is 10.0. The molecule has 0 radical (unpaired) electrons. The van der Waals surface area contributed by atoms with E-state index in [1.807, 2.05) is 18.2 Å². The first-order valence-corrected chi connectivity index (χ1v) is 8.70. The zero-order valence-electron chi connectivity index (χ0n) is 14.4. The number of halogens is 1. The lowest BCUT2D eigenvalue weighted by molar-refractivity contribution is -0.122. The molecule has 0 atom stereocenters. The fourth-order valence-corrected chi connectivity index (χ4v) is 3.16. The lowest BCUT2D eigenvalue weighted by Crippen LogP contribution is -2.37. The normalized spacial score (nSPS) is 13.1. The van der Waals surface area contributed by atoms with Gasteiger partial charge in [-0.15, -0.1) is 0 Å². The number of aryl methyl sites for hydroxylation is 1. The number of hydrogen-bond acceptors (Lipinski definition) is 3. The number of nitrogens with one attached hydrogen (secondary N) is 2. The number of carbonyl (C=O) groups excluding carboxylic acids is 2. The van der Waals surface area contributed by atoms with Gasteiger partial charge < -0.3 is 20.3 Å². The number of fused-ring (bicyclic) bond motifs is 1. The molecule has 3 amide bonds. The van der Waals surface area contributed by atoms with Gasteiger partial charge in [-0.2, -0.15) is 0 Å². The second kappa shape index (κ2) is 8.21. The van der Waals surface area contributed by atoms with Gasteiger partial charge in [-0.3, -0.25) is 4.79 Å². The van der Waals surface area contributed by atoms with Crippen molar-refractivity contribution in [3.05, 3.63) is 53.1 Å². The minimum atomic E-state index is -0.377. The van der Waals surface area contributed by atoms with E-state index in [-0.39, 0.29) is 18.5 Å². The Morgan fingerprint density at radius 1 is 1.15 bits per heavy atom. The van der Waals surface area contributed by atoms with Crippen LogP contribution in [0.2, 0.25) is 5.02 Å². The molecule has 2 aromatic rings. The Hall–Kier alpha value is -2.57. The summed E-state index contributed by atoms with van der Waals surface area (Å²) in [5, 5.41) is 6.06. The number of benzene rings is 2. The average molecular weight is 374 g/mol. The highest BCUT2D eigenvalue weighted by Crippen LogP contribution is 2.30. The number of urea groups is 1. The zero-order chi connectivity index (χ0) is 18.5. The predicted molar refractivity (Wildman–Crippen MR) is 103 cm³/mol. The number of hydrogen-bond donors (Lipinski definition) is 2. The van der Waals surface area contributed by atoms with Crippen molar-refractivity contribution in [2.45, 2.75) is 12.8 Å². The molecule has 26 heavy (non-hydrogen) atoms. The van der Waals surface area contributed by atoms with Gasteiger partial charge in [-0.1, -0.05) is 23.7 Å². The maximum absolute atomic E-state index is 12.3. The molecule has 6 nitrogen and oxygen atoms in total. The van der Waals surface area contributed by atoms with Crippen molar-refractivity contribution in [2.24, 2.45) is 0 Å². The first-order valence-electron chi connectivity index (χ1n) is 8.32. The quantitative estimate of drug-likeness (QED) is 0.853. The van der Waals surface area contributed by atoms with Crippen molar-refractivity contribution in [3.63, 3.8) is 0 Å². The summed E-state index contributed by atoms with van der Waals surface area (Å²) in [5.74, 6) is -0.0889. The van der Waals surface area contributed by atoms with E-state index in [4.69, 9.17) is 16.3 Å². The average Bonchev–Trinajstić information content (AvgIpc) is 2.61. The maximum atomic E-state index is 12.3. The summed E-state index contributed by atoms with van der Waals surface area (Å²) >= 11 is 5.92. The van der Waals surface area contributed by atoms with Gasteiger partial charge in [0.1, 0.15) is 6.61 Å². The Morgan fingerprint density at radius 3 is 2.65 bits per heavy atom. The molecule has 2 N–H and O–H groups in total. The molecule has 2 aromatic carbocycles. The van der Waals surface area contributed by atoms with Crippen LogP contribution in [0.3, 0.4) is 0 Å². The molecular weight excluding hydrogens is 354 g/mol. The van der Waals surface area contributed by atoms with Crippen LogP contribution >= 0.6 is 11.6 Å². The summed E-state index contributed by atoms with van der Waals surface area (Å²) in [7, 11) is 1.50. The first kappa shape index (κ1) is 18.2. The smallest absolute Gasteiger partial charge is 0.323 e. The summed E-state index contributed by atoms with van der Waals surface area (Å²) in [4.78, 5) is 26.2. The number of methoxy groups -OCH3 is 1. The Labute approximate surface area is 157 Å². The van der Waals surface area contributed by atoms with Crippen LogP contribution in [0.15, 0.2) is 42.5 Å². The Kier molecular flexibility index (Phi) is 5.75. The standard InChI is InChI=1S/C19H20ClN3O3/c1-26-12-18(24)23-9-3-4-13-7-8-16(11-17(13)23)22-19(25)21-15-6-2-5-14(20)10-15/h2,5-8,10-11H,3-4,9,12H2,1H3,(H2,21,22,25). The van der Waals surface area contributed by atoms with E-state index < -0.39 is 0 Å². The Morgan fingerprint density at radius 2 is 1.92 bits per heavy atom. The van der Waals surface area contributed by atoms with Crippen molar-refractivity contribution in [3.8, 4) is 0 Å². The van der Waals surface area contributed by atoms with E-state index in [2.05, 4.69) is 10.6 Å². The molecule has 0 aromatic heterocycles. The van der Waals surface area contributed by atoms with Crippen LogP contribution in [-0.2, 0) is 16.0 Å². The molecular formula is C19H20ClN3O3. The third-order valence-electron chi connectivity index (χ3n) is 4.11. The molecule has 0 saturated carbocycles. The van der Waals surface area contributed by atoms with Crippen molar-refractivity contribution in [2.75, 3.05) is 35.8 Å². The highest BCUT2D eigenvalue weighted by molar-refractivity contribution is 6.30. The minimum absolute atomic E-state index is 0.0341. The number of nitrogens with zero attached hydrogens (tertiary/aromatic N) is 1. The Bertz CT molecular complexity index is 825. The summed E-state index contributed by atoms with van der Waals surface area (Å²) in [6, 6.07) is 12.1. The van der Waals surface area contributed by atoms with Crippen LogP contribution in [-0.4, -0.2) is 32.2 Å². The topological polar surface area (TPSA) is 70.7 Å². The van der Waals surface area contributed by atoms with Crippen LogP contribution < -0.4 is 15.5 Å². The number of anilines is 3. The third kappa shape index (κ3) is 4.33. The fourth-order valence-electron chi connectivity index (χ4n) is 2.97. The SMILES string of the molecule is COCC(=O)N1CCCc2ccc(NC(=O)Nc3cccc(Cl)c3)cc21. The van der Waals surface area contributed by atoms with Crippen molar-refractivity contribution < 1.29 is 14.3 Å². The van der Waals surface area contributed by atoms with Gasteiger partial charge in [0.2, 0.25) is 0 Å². The molecule has 0 aliphatic carbocycles. The van der Waals surface area contributed by atoms with Gasteiger partial charge in [0.05, 0.1) is 0 Å². The number of carbonyl (C=O) groups is 2. The molecule has 0 fully saturated rings. The molecule has 0 unspecified atom stereocenters. The van der Waals surface area contributed by atoms with Gasteiger partial charge in [-0.25, -0.2) is 4.79 Å². The molecule has 3 rings (SSSR count). The van der Waals surface area contributed by atoms with E-state index in [1.54, 1.807) is 29.2 Å². The van der Waals surface area contributed by atoms with Crippen molar-refractivity contribution >= 4 is 40.6 Å². The molecule has 7 heteroatoms. The fraction of sp³-hybridized carbons (Fsp3) is 0.263. The van der Waals surface area contributed by atoms with Crippen molar-refractivity contribution in [1.82, 2.24) is 0 Å². The van der Waals surface area contributed by atoms with Crippen LogP contribution in [0.4, 0.5) is 21.9 Å². The zero-order valence-corrected chi connectivity index (χ0v) is 15.2. The van der Waals surface area contributed by atoms with Crippen LogP contribution in [0.5, 0.6) is 0 Å². The van der Waals surface area contributed by atoms with Crippen molar-refractivity contribution in [1.29, 1.82) is 0 Å². The largest absolute Gasteiger partial charge is 0.375 e. The van der Waals surface area contributed by atoms with Gasteiger partial charge in [0.25, 0.3) is 5.91 Å². The maximum Gasteiger partial charge on any atom is 0.323 e. The predicted octanol–water partition coefficient (Wildman–Crippen LogP) is 3.91. The van der Waals surface area contributed by atoms with E-state index in [9.17, 15) is 9.59 Å².